The number of hydrogen-bond acceptors (Lipinski definition) is 6. The topological polar surface area (TPSA) is 106 Å². The zero-order chi connectivity index (χ0) is 22.8. The highest BCUT2D eigenvalue weighted by Crippen LogP contribution is 2.29. The number of rotatable bonds is 6. The lowest BCUT2D eigenvalue weighted by atomic mass is 9.92. The normalized spacial score (nSPS) is 18.2. The molecule has 7 nitrogen and oxygen atoms in total. The van der Waals surface area contributed by atoms with Gasteiger partial charge in [-0.25, -0.2) is 14.4 Å². The zero-order valence-electron chi connectivity index (χ0n) is 17.9. The number of hydrogen-bond donors (Lipinski definition) is 3. The Morgan fingerprint density at radius 3 is 2.61 bits per heavy atom. The lowest BCUT2D eigenvalue weighted by Gasteiger charge is -2.27. The average molecular weight is 445 g/mol. The number of nitrogens with two attached hydrogens (primary N) is 1. The minimum Gasteiger partial charge on any atom is -0.457 e. The number of aromatic nitrogens is 3. The molecule has 0 spiro atoms. The molecule has 0 aliphatic heterocycles. The second-order valence-corrected chi connectivity index (χ2v) is 8.32. The highest BCUT2D eigenvalue weighted by molar-refractivity contribution is 6.18. The van der Waals surface area contributed by atoms with Gasteiger partial charge in [-0.05, 0) is 62.1 Å². The molecule has 2 aromatic heterocycles. The van der Waals surface area contributed by atoms with Gasteiger partial charge in [0.15, 0.2) is 5.78 Å². The van der Waals surface area contributed by atoms with Crippen LogP contribution < -0.4 is 15.8 Å². The monoisotopic (exact) mass is 445 g/mol. The van der Waals surface area contributed by atoms with Crippen LogP contribution in [-0.4, -0.2) is 32.8 Å². The van der Waals surface area contributed by atoms with Crippen LogP contribution in [0.3, 0.4) is 0 Å². The Balaban J connectivity index is 1.38. The van der Waals surface area contributed by atoms with E-state index in [1.807, 2.05) is 0 Å². The Labute approximate surface area is 190 Å². The minimum absolute atomic E-state index is 0.151. The van der Waals surface area contributed by atoms with Crippen molar-refractivity contribution < 1.29 is 13.9 Å². The number of H-pyrrole nitrogens is 1. The Kier molecular flexibility index (Phi) is 5.75. The lowest BCUT2D eigenvalue weighted by Crippen LogP contribution is -2.33. The van der Waals surface area contributed by atoms with Crippen molar-refractivity contribution in [3.63, 3.8) is 0 Å². The fraction of sp³-hybridized carbons (Fsp3) is 0.240. The van der Waals surface area contributed by atoms with Crippen LogP contribution in [0, 0.1) is 5.82 Å². The number of aromatic amines is 1. The molecule has 4 N–H and O–H groups in total. The summed E-state index contributed by atoms with van der Waals surface area (Å²) in [6, 6.07) is 13.2. The molecule has 0 radical (unpaired) electrons. The number of halogens is 1. The third-order valence-corrected chi connectivity index (χ3v) is 5.98. The summed E-state index contributed by atoms with van der Waals surface area (Å²) in [6.45, 7) is 0. The van der Waals surface area contributed by atoms with E-state index in [1.165, 1.54) is 18.5 Å². The van der Waals surface area contributed by atoms with E-state index in [0.717, 1.165) is 25.7 Å². The van der Waals surface area contributed by atoms with E-state index in [9.17, 15) is 9.18 Å². The molecule has 1 fully saturated rings. The number of anilines is 1. The zero-order valence-corrected chi connectivity index (χ0v) is 17.9. The molecule has 2 aromatic carbocycles. The van der Waals surface area contributed by atoms with Gasteiger partial charge in [0.05, 0.1) is 10.9 Å². The van der Waals surface area contributed by atoms with Gasteiger partial charge in [-0.1, -0.05) is 6.07 Å². The molecule has 0 bridgehead atoms. The minimum atomic E-state index is -0.374. The predicted octanol–water partition coefficient (Wildman–Crippen LogP) is 4.80. The first-order chi connectivity index (χ1) is 16.1. The molecule has 5 rings (SSSR count). The average Bonchev–Trinajstić information content (AvgIpc) is 3.26. The highest BCUT2D eigenvalue weighted by atomic mass is 19.1. The summed E-state index contributed by atoms with van der Waals surface area (Å²) in [7, 11) is 0. The fourth-order valence-electron chi connectivity index (χ4n) is 4.20. The van der Waals surface area contributed by atoms with Crippen molar-refractivity contribution in [3.8, 4) is 11.5 Å². The van der Waals surface area contributed by atoms with E-state index in [4.69, 9.17) is 10.5 Å². The number of carbonyl (C=O) groups is 1. The number of fused-ring (bicyclic) bond motifs is 1. The molecular weight excluding hydrogens is 421 g/mol. The number of ether oxygens (including phenoxy) is 1. The van der Waals surface area contributed by atoms with E-state index in [2.05, 4.69) is 20.3 Å². The fourth-order valence-corrected chi connectivity index (χ4v) is 4.20. The van der Waals surface area contributed by atoms with E-state index in [1.54, 1.807) is 42.6 Å². The van der Waals surface area contributed by atoms with Crippen LogP contribution >= 0.6 is 0 Å². The van der Waals surface area contributed by atoms with Gasteiger partial charge in [0.1, 0.15) is 35.1 Å². The Hall–Kier alpha value is -3.78. The maximum absolute atomic E-state index is 13.4. The molecule has 1 aliphatic carbocycles. The summed E-state index contributed by atoms with van der Waals surface area (Å²) in [5.41, 5.74) is 7.63. The smallest absolute Gasteiger partial charge is 0.195 e. The lowest BCUT2D eigenvalue weighted by molar-refractivity contribution is 0.104. The van der Waals surface area contributed by atoms with E-state index in [0.29, 0.717) is 39.5 Å². The highest BCUT2D eigenvalue weighted by Gasteiger charge is 2.23. The van der Waals surface area contributed by atoms with Crippen molar-refractivity contribution in [3.05, 3.63) is 78.0 Å². The number of nitrogens with one attached hydrogen (secondary N) is 2. The number of nitrogens with zero attached hydrogens (tertiary/aromatic N) is 2. The van der Waals surface area contributed by atoms with Crippen molar-refractivity contribution in [2.45, 2.75) is 37.8 Å². The molecule has 0 atom stereocenters. The third kappa shape index (κ3) is 4.56. The van der Waals surface area contributed by atoms with Crippen molar-refractivity contribution >= 4 is 22.6 Å². The first-order valence-electron chi connectivity index (χ1n) is 11.0. The second kappa shape index (κ2) is 8.99. The van der Waals surface area contributed by atoms with Crippen LogP contribution in [0.25, 0.3) is 11.0 Å². The van der Waals surface area contributed by atoms with Gasteiger partial charge in [0.25, 0.3) is 0 Å². The second-order valence-electron chi connectivity index (χ2n) is 8.32. The van der Waals surface area contributed by atoms with Gasteiger partial charge in [-0.2, -0.15) is 0 Å². The summed E-state index contributed by atoms with van der Waals surface area (Å²) in [4.78, 5) is 25.1. The van der Waals surface area contributed by atoms with E-state index in [-0.39, 0.29) is 23.7 Å². The van der Waals surface area contributed by atoms with Crippen LogP contribution in [0.4, 0.5) is 10.2 Å². The number of benzene rings is 2. The van der Waals surface area contributed by atoms with Crippen LogP contribution in [0.5, 0.6) is 11.5 Å². The summed E-state index contributed by atoms with van der Waals surface area (Å²) in [6.07, 6.45) is 7.02. The van der Waals surface area contributed by atoms with Gasteiger partial charge < -0.3 is 20.8 Å². The van der Waals surface area contributed by atoms with Crippen LogP contribution in [0.15, 0.2) is 61.1 Å². The number of carbonyl (C=O) groups excluding carboxylic acids is 1. The first kappa shape index (κ1) is 21.1. The van der Waals surface area contributed by atoms with Gasteiger partial charge in [0.2, 0.25) is 0 Å². The largest absolute Gasteiger partial charge is 0.457 e. The molecule has 0 unspecified atom stereocenters. The maximum Gasteiger partial charge on any atom is 0.195 e. The van der Waals surface area contributed by atoms with Crippen molar-refractivity contribution in [1.29, 1.82) is 0 Å². The summed E-state index contributed by atoms with van der Waals surface area (Å²) >= 11 is 0. The Morgan fingerprint density at radius 1 is 1.06 bits per heavy atom. The first-order valence-corrected chi connectivity index (χ1v) is 11.0. The molecule has 33 heavy (non-hydrogen) atoms. The van der Waals surface area contributed by atoms with E-state index >= 15 is 0 Å². The molecule has 1 saturated carbocycles. The van der Waals surface area contributed by atoms with Gasteiger partial charge in [-0.3, -0.25) is 4.79 Å². The molecule has 0 saturated heterocycles. The molecule has 8 heteroatoms. The van der Waals surface area contributed by atoms with Crippen molar-refractivity contribution in [1.82, 2.24) is 15.0 Å². The Morgan fingerprint density at radius 2 is 1.85 bits per heavy atom. The summed E-state index contributed by atoms with van der Waals surface area (Å²) in [5.74, 6) is 1.03. The molecular formula is C25H24FN5O2. The molecule has 2 heterocycles. The summed E-state index contributed by atoms with van der Waals surface area (Å²) in [5, 5.41) is 4.17. The quantitative estimate of drug-likeness (QED) is 0.368. The standard InChI is InChI=1S/C25H24FN5O2/c26-16-2-1-3-20(12-16)33-19-10-4-15(5-11-19)23(32)21-13-28-24-22(21)25(30-14-29-24)31-18-8-6-17(27)7-9-18/h1-5,10-14,17-18H,6-9,27H2,(H2,28,29,30,31)/t17-,18+. The van der Waals surface area contributed by atoms with Crippen LogP contribution in [0.2, 0.25) is 0 Å². The van der Waals surface area contributed by atoms with E-state index < -0.39 is 0 Å². The molecule has 168 valence electrons. The third-order valence-electron chi connectivity index (χ3n) is 5.98. The van der Waals surface area contributed by atoms with Gasteiger partial charge >= 0.3 is 0 Å². The van der Waals surface area contributed by atoms with Gasteiger partial charge in [0, 0.05) is 29.9 Å². The molecule has 0 amide bonds. The van der Waals surface area contributed by atoms with Gasteiger partial charge in [-0.15, -0.1) is 0 Å². The van der Waals surface area contributed by atoms with Crippen LogP contribution in [-0.2, 0) is 0 Å². The van der Waals surface area contributed by atoms with Crippen molar-refractivity contribution in [2.75, 3.05) is 5.32 Å². The molecule has 1 aliphatic rings. The summed E-state index contributed by atoms with van der Waals surface area (Å²) < 4.78 is 19.0. The maximum atomic E-state index is 13.4. The molecule has 4 aromatic rings. The number of ketones is 1. The SMILES string of the molecule is N[C@H]1CC[C@@H](Nc2ncnc3[nH]cc(C(=O)c4ccc(Oc5cccc(F)c5)cc4)c23)CC1. The predicted molar refractivity (Wildman–Crippen MR) is 124 cm³/mol. The van der Waals surface area contributed by atoms with Crippen LogP contribution in [0.1, 0.15) is 41.6 Å². The van der Waals surface area contributed by atoms with Crippen molar-refractivity contribution in [2.24, 2.45) is 5.73 Å². The Bertz CT molecular complexity index is 1280.